The number of guanidine groups is 1. The zero-order valence-corrected chi connectivity index (χ0v) is 17.0. The number of methoxy groups -OCH3 is 1. The molecule has 6 nitrogen and oxygen atoms in total. The number of nitrogens with zero attached hydrogens (tertiary/aromatic N) is 4. The van der Waals surface area contributed by atoms with Gasteiger partial charge in [-0.2, -0.15) is 5.10 Å². The lowest BCUT2D eigenvalue weighted by atomic mass is 10.2. The quantitative estimate of drug-likeness (QED) is 0.423. The van der Waals surface area contributed by atoms with E-state index in [0.717, 1.165) is 31.2 Å². The number of aliphatic imine (C=N–C) groups is 1. The molecule has 1 aromatic carbocycles. The van der Waals surface area contributed by atoms with Crippen LogP contribution in [0.3, 0.4) is 0 Å². The molecule has 1 heterocycles. The molecule has 0 saturated carbocycles. The Balaban J connectivity index is 0.00000288. The Kier molecular flexibility index (Phi) is 8.59. The van der Waals surface area contributed by atoms with Gasteiger partial charge < -0.3 is 15.0 Å². The van der Waals surface area contributed by atoms with Crippen LogP contribution in [0.5, 0.6) is 5.75 Å². The molecule has 2 aromatic rings. The van der Waals surface area contributed by atoms with Gasteiger partial charge in [-0.3, -0.25) is 9.67 Å². The van der Waals surface area contributed by atoms with E-state index >= 15 is 0 Å². The van der Waals surface area contributed by atoms with Crippen LogP contribution in [0.1, 0.15) is 11.1 Å². The van der Waals surface area contributed by atoms with Gasteiger partial charge in [0, 0.05) is 40.4 Å². The first kappa shape index (κ1) is 20.3. The Bertz CT molecular complexity index is 639. The molecule has 0 saturated heterocycles. The van der Waals surface area contributed by atoms with Crippen molar-refractivity contribution in [1.82, 2.24) is 20.0 Å². The molecule has 0 unspecified atom stereocenters. The summed E-state index contributed by atoms with van der Waals surface area (Å²) in [5, 5.41) is 7.56. The van der Waals surface area contributed by atoms with E-state index in [-0.39, 0.29) is 24.0 Å². The monoisotopic (exact) mass is 443 g/mol. The summed E-state index contributed by atoms with van der Waals surface area (Å²) in [7, 11) is 7.44. The van der Waals surface area contributed by atoms with Crippen LogP contribution < -0.4 is 10.1 Å². The van der Waals surface area contributed by atoms with E-state index in [1.54, 1.807) is 14.2 Å². The first-order valence-electron chi connectivity index (χ1n) is 7.64. The standard InChI is InChI=1S/C17H25N5O.HI/c1-18-17(19-10-9-15-11-20-22(3)13-15)21(2)12-14-5-7-16(23-4)8-6-14;/h5-8,11,13H,9-10,12H2,1-4H3,(H,18,19);1H. The van der Waals surface area contributed by atoms with E-state index in [4.69, 9.17) is 4.74 Å². The van der Waals surface area contributed by atoms with E-state index in [2.05, 4.69) is 32.4 Å². The van der Waals surface area contributed by atoms with Crippen LogP contribution in [0.15, 0.2) is 41.7 Å². The van der Waals surface area contributed by atoms with Gasteiger partial charge in [0.2, 0.25) is 0 Å². The molecule has 0 aliphatic rings. The lowest BCUT2D eigenvalue weighted by Gasteiger charge is -2.22. The zero-order chi connectivity index (χ0) is 16.7. The Morgan fingerprint density at radius 3 is 2.54 bits per heavy atom. The molecule has 0 amide bonds. The number of ether oxygens (including phenoxy) is 1. The highest BCUT2D eigenvalue weighted by Crippen LogP contribution is 2.12. The van der Waals surface area contributed by atoms with Crippen molar-refractivity contribution in [2.45, 2.75) is 13.0 Å². The van der Waals surface area contributed by atoms with Crippen molar-refractivity contribution in [1.29, 1.82) is 0 Å². The lowest BCUT2D eigenvalue weighted by molar-refractivity contribution is 0.414. The van der Waals surface area contributed by atoms with Crippen LogP contribution in [0.2, 0.25) is 0 Å². The minimum Gasteiger partial charge on any atom is -0.497 e. The molecule has 24 heavy (non-hydrogen) atoms. The van der Waals surface area contributed by atoms with Crippen molar-refractivity contribution in [3.05, 3.63) is 47.8 Å². The predicted molar refractivity (Wildman–Crippen MR) is 108 cm³/mol. The fourth-order valence-corrected chi connectivity index (χ4v) is 2.38. The smallest absolute Gasteiger partial charge is 0.193 e. The molecular formula is C17H26IN5O. The number of benzene rings is 1. The fraction of sp³-hybridized carbons (Fsp3) is 0.412. The number of aryl methyl sites for hydroxylation is 1. The minimum absolute atomic E-state index is 0. The van der Waals surface area contributed by atoms with Gasteiger partial charge in [-0.1, -0.05) is 12.1 Å². The van der Waals surface area contributed by atoms with Crippen LogP contribution in [0, 0.1) is 0 Å². The van der Waals surface area contributed by atoms with Gasteiger partial charge >= 0.3 is 0 Å². The molecule has 0 radical (unpaired) electrons. The highest BCUT2D eigenvalue weighted by atomic mass is 127. The number of aromatic nitrogens is 2. The summed E-state index contributed by atoms with van der Waals surface area (Å²) in [5.74, 6) is 1.75. The van der Waals surface area contributed by atoms with E-state index in [1.807, 2.05) is 43.3 Å². The maximum atomic E-state index is 5.18. The lowest BCUT2D eigenvalue weighted by Crippen LogP contribution is -2.39. The van der Waals surface area contributed by atoms with Crippen molar-refractivity contribution in [3.8, 4) is 5.75 Å². The van der Waals surface area contributed by atoms with Crippen LogP contribution in [0.25, 0.3) is 0 Å². The second-order valence-electron chi connectivity index (χ2n) is 5.45. The third-order valence-corrected chi connectivity index (χ3v) is 3.61. The summed E-state index contributed by atoms with van der Waals surface area (Å²) in [6.07, 6.45) is 4.85. The topological polar surface area (TPSA) is 54.7 Å². The molecule has 0 aliphatic carbocycles. The van der Waals surface area contributed by atoms with Crippen molar-refractivity contribution >= 4 is 29.9 Å². The van der Waals surface area contributed by atoms with Gasteiger partial charge in [-0.25, -0.2) is 0 Å². The summed E-state index contributed by atoms with van der Waals surface area (Å²) in [5.41, 5.74) is 2.43. The maximum absolute atomic E-state index is 5.18. The Labute approximate surface area is 160 Å². The molecule has 0 atom stereocenters. The molecular weight excluding hydrogens is 417 g/mol. The molecule has 7 heteroatoms. The van der Waals surface area contributed by atoms with Crippen molar-refractivity contribution in [2.24, 2.45) is 12.0 Å². The van der Waals surface area contributed by atoms with Crippen LogP contribution in [0.4, 0.5) is 0 Å². The van der Waals surface area contributed by atoms with Gasteiger partial charge in [0.25, 0.3) is 0 Å². The average molecular weight is 443 g/mol. The van der Waals surface area contributed by atoms with E-state index in [0.29, 0.717) is 0 Å². The van der Waals surface area contributed by atoms with E-state index in [9.17, 15) is 0 Å². The Morgan fingerprint density at radius 1 is 1.29 bits per heavy atom. The first-order valence-corrected chi connectivity index (χ1v) is 7.64. The molecule has 0 aliphatic heterocycles. The summed E-state index contributed by atoms with van der Waals surface area (Å²) in [6, 6.07) is 8.08. The van der Waals surface area contributed by atoms with Crippen molar-refractivity contribution in [3.63, 3.8) is 0 Å². The summed E-state index contributed by atoms with van der Waals surface area (Å²) >= 11 is 0. The van der Waals surface area contributed by atoms with Crippen LogP contribution in [-0.2, 0) is 20.0 Å². The summed E-state index contributed by atoms with van der Waals surface area (Å²) in [6.45, 7) is 1.61. The SMILES string of the molecule is CN=C(NCCc1cnn(C)c1)N(C)Cc1ccc(OC)cc1.I. The molecule has 132 valence electrons. The molecule has 2 rings (SSSR count). The highest BCUT2D eigenvalue weighted by Gasteiger charge is 2.07. The number of nitrogens with one attached hydrogen (secondary N) is 1. The number of rotatable bonds is 6. The second-order valence-corrected chi connectivity index (χ2v) is 5.45. The second kappa shape index (κ2) is 10.2. The van der Waals surface area contributed by atoms with Gasteiger partial charge in [0.1, 0.15) is 5.75 Å². The summed E-state index contributed by atoms with van der Waals surface area (Å²) < 4.78 is 7.00. The predicted octanol–water partition coefficient (Wildman–Crippen LogP) is 2.30. The number of halogens is 1. The molecule has 1 N–H and O–H groups in total. The zero-order valence-electron chi connectivity index (χ0n) is 14.7. The Hall–Kier alpha value is -1.77. The highest BCUT2D eigenvalue weighted by molar-refractivity contribution is 14.0. The van der Waals surface area contributed by atoms with Crippen molar-refractivity contribution in [2.75, 3.05) is 27.7 Å². The van der Waals surface area contributed by atoms with E-state index in [1.165, 1.54) is 11.1 Å². The maximum Gasteiger partial charge on any atom is 0.193 e. The number of hydrogen-bond acceptors (Lipinski definition) is 3. The van der Waals surface area contributed by atoms with Gasteiger partial charge in [0.15, 0.2) is 5.96 Å². The first-order chi connectivity index (χ1) is 11.1. The van der Waals surface area contributed by atoms with Crippen molar-refractivity contribution < 1.29 is 4.74 Å². The third kappa shape index (κ3) is 6.03. The molecule has 1 aromatic heterocycles. The van der Waals surface area contributed by atoms with Gasteiger partial charge in [0.05, 0.1) is 13.3 Å². The van der Waals surface area contributed by atoms with E-state index < -0.39 is 0 Å². The van der Waals surface area contributed by atoms with Gasteiger partial charge in [-0.15, -0.1) is 24.0 Å². The van der Waals surface area contributed by atoms with Gasteiger partial charge in [-0.05, 0) is 29.7 Å². The fourth-order valence-electron chi connectivity index (χ4n) is 2.38. The minimum atomic E-state index is 0. The largest absolute Gasteiger partial charge is 0.497 e. The number of hydrogen-bond donors (Lipinski definition) is 1. The van der Waals surface area contributed by atoms with Crippen LogP contribution in [-0.4, -0.2) is 48.4 Å². The normalized spacial score (nSPS) is 10.9. The Morgan fingerprint density at radius 2 is 2.00 bits per heavy atom. The van der Waals surface area contributed by atoms with Crippen LogP contribution >= 0.6 is 24.0 Å². The average Bonchev–Trinajstić information content (AvgIpc) is 2.97. The molecule has 0 spiro atoms. The summed E-state index contributed by atoms with van der Waals surface area (Å²) in [4.78, 5) is 6.44. The molecule has 0 bridgehead atoms. The molecule has 0 fully saturated rings. The third-order valence-electron chi connectivity index (χ3n) is 3.61.